The van der Waals surface area contributed by atoms with Crippen molar-refractivity contribution in [1.82, 2.24) is 5.43 Å². The van der Waals surface area contributed by atoms with E-state index in [4.69, 9.17) is 11.6 Å². The average molecular weight is 335 g/mol. The highest BCUT2D eigenvalue weighted by Gasteiger charge is 2.01. The van der Waals surface area contributed by atoms with E-state index in [0.29, 0.717) is 16.3 Å². The van der Waals surface area contributed by atoms with Crippen molar-refractivity contribution in [2.24, 2.45) is 5.10 Å². The second kappa shape index (κ2) is 8.46. The highest BCUT2D eigenvalue weighted by Crippen LogP contribution is 2.15. The zero-order valence-electron chi connectivity index (χ0n) is 11.7. The van der Waals surface area contributed by atoms with E-state index < -0.39 is 0 Å². The van der Waals surface area contributed by atoms with Gasteiger partial charge in [-0.05, 0) is 29.8 Å². The Morgan fingerprint density at radius 1 is 1.23 bits per heavy atom. The van der Waals surface area contributed by atoms with Gasteiger partial charge in [0.2, 0.25) is 5.91 Å². The Morgan fingerprint density at radius 3 is 2.68 bits per heavy atom. The molecular formula is C16H15ClN2O2S. The Kier molecular flexibility index (Phi) is 6.30. The van der Waals surface area contributed by atoms with Crippen LogP contribution in [0.3, 0.4) is 0 Å². The number of carbonyl (C=O) groups is 1. The van der Waals surface area contributed by atoms with Crippen molar-refractivity contribution < 1.29 is 9.90 Å². The summed E-state index contributed by atoms with van der Waals surface area (Å²) in [4.78, 5) is 11.6. The number of halogens is 1. The van der Waals surface area contributed by atoms with E-state index in [-0.39, 0.29) is 11.7 Å². The Bertz CT molecular complexity index is 659. The number of carbonyl (C=O) groups excluding carboxylic acids is 1. The Balaban J connectivity index is 1.72. The number of benzene rings is 2. The molecule has 0 radical (unpaired) electrons. The number of amides is 1. The summed E-state index contributed by atoms with van der Waals surface area (Å²) in [6, 6.07) is 14.3. The van der Waals surface area contributed by atoms with Crippen LogP contribution in [0.15, 0.2) is 53.6 Å². The summed E-state index contributed by atoms with van der Waals surface area (Å²) in [7, 11) is 0. The van der Waals surface area contributed by atoms with Crippen molar-refractivity contribution in [3.05, 3.63) is 64.7 Å². The molecule has 1 amide bonds. The molecule has 0 spiro atoms. The first-order valence-corrected chi connectivity index (χ1v) is 8.10. The lowest BCUT2D eigenvalue weighted by molar-refractivity contribution is -0.118. The van der Waals surface area contributed by atoms with Gasteiger partial charge >= 0.3 is 0 Å². The van der Waals surface area contributed by atoms with Crippen molar-refractivity contribution in [2.45, 2.75) is 5.75 Å². The largest absolute Gasteiger partial charge is 0.507 e. The number of nitrogens with zero attached hydrogens (tertiary/aromatic N) is 1. The number of hydrazone groups is 1. The number of para-hydroxylation sites is 1. The molecule has 2 aromatic carbocycles. The van der Waals surface area contributed by atoms with Crippen molar-refractivity contribution in [3.8, 4) is 5.75 Å². The van der Waals surface area contributed by atoms with Gasteiger partial charge in [0.05, 0.1) is 12.0 Å². The maximum Gasteiger partial charge on any atom is 0.250 e. The Labute approximate surface area is 138 Å². The highest BCUT2D eigenvalue weighted by atomic mass is 35.5. The molecule has 4 nitrogen and oxygen atoms in total. The molecule has 0 saturated heterocycles. The summed E-state index contributed by atoms with van der Waals surface area (Å²) >= 11 is 7.30. The normalized spacial score (nSPS) is 10.8. The summed E-state index contributed by atoms with van der Waals surface area (Å²) in [5, 5.41) is 14.1. The summed E-state index contributed by atoms with van der Waals surface area (Å²) in [5.41, 5.74) is 4.09. The fraction of sp³-hybridized carbons (Fsp3) is 0.125. The molecule has 2 rings (SSSR count). The fourth-order valence-corrected chi connectivity index (χ4v) is 2.55. The second-order valence-corrected chi connectivity index (χ2v) is 5.89. The van der Waals surface area contributed by atoms with Gasteiger partial charge in [-0.1, -0.05) is 35.9 Å². The number of nitrogens with one attached hydrogen (secondary N) is 1. The summed E-state index contributed by atoms with van der Waals surface area (Å²) in [6.45, 7) is 0. The first kappa shape index (κ1) is 16.4. The zero-order valence-corrected chi connectivity index (χ0v) is 13.3. The topological polar surface area (TPSA) is 61.7 Å². The molecule has 6 heteroatoms. The third-order valence-electron chi connectivity index (χ3n) is 2.74. The molecule has 2 aromatic rings. The van der Waals surface area contributed by atoms with Gasteiger partial charge in [0.1, 0.15) is 5.75 Å². The number of phenolic OH excluding ortho intramolecular Hbond substituents is 1. The van der Waals surface area contributed by atoms with Crippen LogP contribution in [-0.2, 0) is 10.5 Å². The van der Waals surface area contributed by atoms with Crippen molar-refractivity contribution >= 4 is 35.5 Å². The molecule has 0 fully saturated rings. The van der Waals surface area contributed by atoms with Crippen LogP contribution in [0.1, 0.15) is 11.1 Å². The monoisotopic (exact) mass is 334 g/mol. The van der Waals surface area contributed by atoms with Crippen molar-refractivity contribution in [3.63, 3.8) is 0 Å². The maximum absolute atomic E-state index is 11.6. The molecule has 2 N–H and O–H groups in total. The van der Waals surface area contributed by atoms with Gasteiger partial charge in [-0.25, -0.2) is 5.43 Å². The van der Waals surface area contributed by atoms with Crippen LogP contribution < -0.4 is 5.43 Å². The second-order valence-electron chi connectivity index (χ2n) is 4.47. The molecule has 0 atom stereocenters. The standard InChI is InChI=1S/C16H15ClN2O2S/c17-14-7-5-12(6-8-14)10-22-11-16(21)19-18-9-13-3-1-2-4-15(13)20/h1-9,20H,10-11H2,(H,19,21). The van der Waals surface area contributed by atoms with Crippen LogP contribution >= 0.6 is 23.4 Å². The molecule has 0 heterocycles. The predicted octanol–water partition coefficient (Wildman–Crippen LogP) is 3.43. The lowest BCUT2D eigenvalue weighted by Crippen LogP contribution is -2.19. The van der Waals surface area contributed by atoms with Crippen LogP contribution in [0.5, 0.6) is 5.75 Å². The van der Waals surface area contributed by atoms with Gasteiger partial charge < -0.3 is 5.11 Å². The van der Waals surface area contributed by atoms with Gasteiger partial charge in [0, 0.05) is 16.3 Å². The number of hydrogen-bond acceptors (Lipinski definition) is 4. The number of aromatic hydroxyl groups is 1. The molecule has 114 valence electrons. The minimum Gasteiger partial charge on any atom is -0.507 e. The molecule has 0 bridgehead atoms. The van der Waals surface area contributed by atoms with E-state index in [1.54, 1.807) is 24.3 Å². The zero-order chi connectivity index (χ0) is 15.8. The van der Waals surface area contributed by atoms with Crippen LogP contribution in [0.25, 0.3) is 0 Å². The van der Waals surface area contributed by atoms with E-state index in [1.807, 2.05) is 24.3 Å². The first-order chi connectivity index (χ1) is 10.6. The SMILES string of the molecule is O=C(CSCc1ccc(Cl)cc1)NN=Cc1ccccc1O. The maximum atomic E-state index is 11.6. The van der Waals surface area contributed by atoms with E-state index in [2.05, 4.69) is 10.5 Å². The molecule has 0 aromatic heterocycles. The Hall–Kier alpha value is -1.98. The molecule has 0 aliphatic carbocycles. The molecule has 0 saturated carbocycles. The van der Waals surface area contributed by atoms with E-state index in [9.17, 15) is 9.90 Å². The minimum atomic E-state index is -0.189. The van der Waals surface area contributed by atoms with Gasteiger partial charge in [-0.15, -0.1) is 11.8 Å². The highest BCUT2D eigenvalue weighted by molar-refractivity contribution is 7.99. The van der Waals surface area contributed by atoms with Gasteiger partial charge in [0.15, 0.2) is 0 Å². The summed E-state index contributed by atoms with van der Waals surface area (Å²) in [5.74, 6) is 0.970. The van der Waals surface area contributed by atoms with E-state index in [1.165, 1.54) is 18.0 Å². The molecule has 0 unspecified atom stereocenters. The lowest BCUT2D eigenvalue weighted by Gasteiger charge is -2.02. The van der Waals surface area contributed by atoms with Gasteiger partial charge in [-0.3, -0.25) is 4.79 Å². The number of thioether (sulfide) groups is 1. The number of rotatable bonds is 6. The van der Waals surface area contributed by atoms with Crippen molar-refractivity contribution in [1.29, 1.82) is 0 Å². The predicted molar refractivity (Wildman–Crippen MR) is 91.5 cm³/mol. The van der Waals surface area contributed by atoms with E-state index in [0.717, 1.165) is 11.3 Å². The molecule has 0 aliphatic rings. The van der Waals surface area contributed by atoms with Crippen LogP contribution in [0, 0.1) is 0 Å². The average Bonchev–Trinajstić information content (AvgIpc) is 2.51. The van der Waals surface area contributed by atoms with E-state index >= 15 is 0 Å². The fourth-order valence-electron chi connectivity index (χ4n) is 1.64. The summed E-state index contributed by atoms with van der Waals surface area (Å²) in [6.07, 6.45) is 1.41. The minimum absolute atomic E-state index is 0.123. The van der Waals surface area contributed by atoms with Gasteiger partial charge in [-0.2, -0.15) is 5.10 Å². The van der Waals surface area contributed by atoms with Crippen LogP contribution in [-0.4, -0.2) is 23.0 Å². The summed E-state index contributed by atoms with van der Waals surface area (Å²) < 4.78 is 0. The third kappa shape index (κ3) is 5.42. The van der Waals surface area contributed by atoms with Crippen LogP contribution in [0.4, 0.5) is 0 Å². The molecular weight excluding hydrogens is 320 g/mol. The Morgan fingerprint density at radius 2 is 1.95 bits per heavy atom. The quantitative estimate of drug-likeness (QED) is 0.628. The number of hydrogen-bond donors (Lipinski definition) is 2. The van der Waals surface area contributed by atoms with Gasteiger partial charge in [0.25, 0.3) is 0 Å². The molecule has 22 heavy (non-hydrogen) atoms. The molecule has 0 aliphatic heterocycles. The van der Waals surface area contributed by atoms with Crippen molar-refractivity contribution in [2.75, 3.05) is 5.75 Å². The number of phenols is 1. The lowest BCUT2D eigenvalue weighted by atomic mass is 10.2. The first-order valence-electron chi connectivity index (χ1n) is 6.57. The smallest absolute Gasteiger partial charge is 0.250 e. The third-order valence-corrected chi connectivity index (χ3v) is 4.00. The van der Waals surface area contributed by atoms with Crippen LogP contribution in [0.2, 0.25) is 5.02 Å².